The van der Waals surface area contributed by atoms with Crippen LogP contribution in [0, 0.1) is 3.57 Å². The molecule has 0 saturated carbocycles. The molecular weight excluding hydrogens is 375 g/mol. The number of hydrogen-bond donors (Lipinski definition) is 0. The molecule has 0 aliphatic carbocycles. The molecule has 2 aromatic carbocycles. The fraction of sp³-hybridized carbons (Fsp3) is 0.176. The molecule has 0 aliphatic rings. The van der Waals surface area contributed by atoms with Crippen molar-refractivity contribution in [1.29, 1.82) is 0 Å². The highest BCUT2D eigenvalue weighted by Gasteiger charge is 2.14. The minimum atomic E-state index is 0.108. The lowest BCUT2D eigenvalue weighted by atomic mass is 10.1. The van der Waals surface area contributed by atoms with Gasteiger partial charge in [-0.15, -0.1) is 0 Å². The van der Waals surface area contributed by atoms with E-state index < -0.39 is 0 Å². The molecular formula is C17H15IN2O. The van der Waals surface area contributed by atoms with Gasteiger partial charge in [-0.25, -0.2) is 4.98 Å². The second-order valence-corrected chi connectivity index (χ2v) is 6.11. The molecule has 3 rings (SSSR count). The van der Waals surface area contributed by atoms with E-state index in [1.807, 2.05) is 48.5 Å². The highest BCUT2D eigenvalue weighted by atomic mass is 127. The van der Waals surface area contributed by atoms with Crippen LogP contribution in [0.5, 0.6) is 0 Å². The first kappa shape index (κ1) is 14.3. The smallest absolute Gasteiger partial charge is 0.170 e. The second-order valence-electron chi connectivity index (χ2n) is 4.87. The number of carbonyl (C=O) groups excluding carboxylic acids is 1. The lowest BCUT2D eigenvalue weighted by molar-refractivity contribution is 0.0990. The van der Waals surface area contributed by atoms with Crippen molar-refractivity contribution in [2.24, 2.45) is 0 Å². The van der Waals surface area contributed by atoms with E-state index in [2.05, 4.69) is 39.1 Å². The summed E-state index contributed by atoms with van der Waals surface area (Å²) in [5.74, 6) is 0.943. The van der Waals surface area contributed by atoms with Crippen LogP contribution in [0.1, 0.15) is 23.1 Å². The summed E-state index contributed by atoms with van der Waals surface area (Å²) in [6.45, 7) is 2.89. The fourth-order valence-electron chi connectivity index (χ4n) is 2.49. The van der Waals surface area contributed by atoms with Crippen LogP contribution in [0.3, 0.4) is 0 Å². The largest absolute Gasteiger partial charge is 0.328 e. The van der Waals surface area contributed by atoms with Gasteiger partial charge in [-0.05, 0) is 53.8 Å². The summed E-state index contributed by atoms with van der Waals surface area (Å²) in [7, 11) is 0. The third-order valence-electron chi connectivity index (χ3n) is 3.53. The lowest BCUT2D eigenvalue weighted by Crippen LogP contribution is -2.09. The second kappa shape index (κ2) is 5.97. The third kappa shape index (κ3) is 2.85. The Hall–Kier alpha value is -1.69. The minimum absolute atomic E-state index is 0.108. The molecule has 0 atom stereocenters. The number of fused-ring (bicyclic) bond motifs is 1. The van der Waals surface area contributed by atoms with Gasteiger partial charge in [-0.1, -0.05) is 24.3 Å². The van der Waals surface area contributed by atoms with E-state index in [9.17, 15) is 4.79 Å². The molecule has 0 unspecified atom stereocenters. The van der Waals surface area contributed by atoms with Crippen LogP contribution >= 0.6 is 22.6 Å². The number of imidazole rings is 1. The van der Waals surface area contributed by atoms with E-state index in [0.29, 0.717) is 6.42 Å². The van der Waals surface area contributed by atoms with E-state index >= 15 is 0 Å². The number of hydrogen-bond acceptors (Lipinski definition) is 2. The predicted molar refractivity (Wildman–Crippen MR) is 92.6 cm³/mol. The Bertz CT molecular complexity index is 790. The van der Waals surface area contributed by atoms with Gasteiger partial charge < -0.3 is 4.57 Å². The van der Waals surface area contributed by atoms with E-state index in [-0.39, 0.29) is 5.78 Å². The molecule has 0 saturated heterocycles. The number of ketones is 1. The Balaban J connectivity index is 1.94. The summed E-state index contributed by atoms with van der Waals surface area (Å²) in [6, 6.07) is 15.7. The zero-order valence-electron chi connectivity index (χ0n) is 11.7. The highest BCUT2D eigenvalue weighted by molar-refractivity contribution is 14.1. The standard InChI is InChI=1S/C17H15IN2O/c1-2-20-15-6-4-3-5-14(15)19-17(20)11-16(21)12-7-9-13(18)10-8-12/h3-10H,2,11H2,1H3. The van der Waals surface area contributed by atoms with Crippen molar-refractivity contribution in [2.45, 2.75) is 19.9 Å². The SMILES string of the molecule is CCn1c(CC(=O)c2ccc(I)cc2)nc2ccccc21. The summed E-state index contributed by atoms with van der Waals surface area (Å²) in [6.07, 6.45) is 0.336. The van der Waals surface area contributed by atoms with Crippen molar-refractivity contribution < 1.29 is 4.79 Å². The van der Waals surface area contributed by atoms with Gasteiger partial charge in [0.25, 0.3) is 0 Å². The number of aromatic nitrogens is 2. The molecule has 0 fully saturated rings. The Morgan fingerprint density at radius 3 is 2.57 bits per heavy atom. The molecule has 4 heteroatoms. The maximum Gasteiger partial charge on any atom is 0.170 e. The van der Waals surface area contributed by atoms with E-state index in [1.54, 1.807) is 0 Å². The third-order valence-corrected chi connectivity index (χ3v) is 4.25. The van der Waals surface area contributed by atoms with E-state index in [4.69, 9.17) is 0 Å². The van der Waals surface area contributed by atoms with Crippen molar-refractivity contribution in [3.8, 4) is 0 Å². The quantitative estimate of drug-likeness (QED) is 0.497. The molecule has 0 spiro atoms. The monoisotopic (exact) mass is 390 g/mol. The molecule has 3 aromatic rings. The van der Waals surface area contributed by atoms with Crippen LogP contribution in [0.15, 0.2) is 48.5 Å². The number of aryl methyl sites for hydroxylation is 1. The minimum Gasteiger partial charge on any atom is -0.328 e. The Labute approximate surface area is 137 Å². The van der Waals surface area contributed by atoms with Gasteiger partial charge in [0, 0.05) is 15.7 Å². The Morgan fingerprint density at radius 2 is 1.86 bits per heavy atom. The summed E-state index contributed by atoms with van der Waals surface area (Å²) in [5.41, 5.74) is 2.78. The summed E-state index contributed by atoms with van der Waals surface area (Å²) < 4.78 is 3.24. The van der Waals surface area contributed by atoms with Crippen LogP contribution in [0.4, 0.5) is 0 Å². The molecule has 21 heavy (non-hydrogen) atoms. The predicted octanol–water partition coefficient (Wildman–Crippen LogP) is 4.09. The van der Waals surface area contributed by atoms with Gasteiger partial charge in [0.15, 0.2) is 5.78 Å². The van der Waals surface area contributed by atoms with Gasteiger partial charge in [-0.3, -0.25) is 4.79 Å². The molecule has 0 bridgehead atoms. The van der Waals surface area contributed by atoms with Crippen molar-refractivity contribution in [2.75, 3.05) is 0 Å². The van der Waals surface area contributed by atoms with Gasteiger partial charge in [-0.2, -0.15) is 0 Å². The van der Waals surface area contributed by atoms with Crippen LogP contribution in [-0.4, -0.2) is 15.3 Å². The molecule has 1 heterocycles. The van der Waals surface area contributed by atoms with Gasteiger partial charge in [0.2, 0.25) is 0 Å². The highest BCUT2D eigenvalue weighted by Crippen LogP contribution is 2.18. The number of nitrogens with zero attached hydrogens (tertiary/aromatic N) is 2. The number of halogens is 1. The summed E-state index contributed by atoms with van der Waals surface area (Å²) >= 11 is 2.24. The number of rotatable bonds is 4. The summed E-state index contributed by atoms with van der Waals surface area (Å²) in [4.78, 5) is 17.0. The van der Waals surface area contributed by atoms with Crippen LogP contribution < -0.4 is 0 Å². The van der Waals surface area contributed by atoms with Crippen molar-refractivity contribution in [3.05, 3.63) is 63.5 Å². The number of benzene rings is 2. The zero-order valence-corrected chi connectivity index (χ0v) is 13.9. The van der Waals surface area contributed by atoms with Crippen LogP contribution in [-0.2, 0) is 13.0 Å². The average molecular weight is 390 g/mol. The molecule has 0 amide bonds. The average Bonchev–Trinajstić information content (AvgIpc) is 2.84. The van der Waals surface area contributed by atoms with Gasteiger partial charge in [0.05, 0.1) is 17.5 Å². The first-order valence-corrected chi connectivity index (χ1v) is 8.00. The van der Waals surface area contributed by atoms with E-state index in [0.717, 1.165) is 32.5 Å². The lowest BCUT2D eigenvalue weighted by Gasteiger charge is -2.05. The first-order valence-electron chi connectivity index (χ1n) is 6.92. The van der Waals surface area contributed by atoms with Gasteiger partial charge >= 0.3 is 0 Å². The molecule has 1 aromatic heterocycles. The van der Waals surface area contributed by atoms with Crippen molar-refractivity contribution in [1.82, 2.24) is 9.55 Å². The number of Topliss-reactive ketones (excluding diaryl/α,β-unsaturated/α-hetero) is 1. The topological polar surface area (TPSA) is 34.9 Å². The zero-order chi connectivity index (χ0) is 14.8. The Morgan fingerprint density at radius 1 is 1.14 bits per heavy atom. The molecule has 106 valence electrons. The Kier molecular flexibility index (Phi) is 4.05. The van der Waals surface area contributed by atoms with E-state index in [1.165, 1.54) is 0 Å². The first-order chi connectivity index (χ1) is 10.2. The molecule has 0 radical (unpaired) electrons. The number of para-hydroxylation sites is 2. The number of carbonyl (C=O) groups is 1. The summed E-state index contributed by atoms with van der Waals surface area (Å²) in [5, 5.41) is 0. The molecule has 0 N–H and O–H groups in total. The fourth-order valence-corrected chi connectivity index (χ4v) is 2.85. The maximum absolute atomic E-state index is 12.4. The maximum atomic E-state index is 12.4. The van der Waals surface area contributed by atoms with Crippen LogP contribution in [0.2, 0.25) is 0 Å². The van der Waals surface area contributed by atoms with Gasteiger partial charge in [0.1, 0.15) is 5.82 Å². The van der Waals surface area contributed by atoms with Crippen molar-refractivity contribution >= 4 is 39.4 Å². The normalized spacial score (nSPS) is 11.0. The molecule has 0 aliphatic heterocycles. The molecule has 3 nitrogen and oxygen atoms in total. The van der Waals surface area contributed by atoms with Crippen LogP contribution in [0.25, 0.3) is 11.0 Å². The van der Waals surface area contributed by atoms with Crippen molar-refractivity contribution in [3.63, 3.8) is 0 Å².